The molecule has 10 aromatic carbocycles. The molecule has 11 aromatic rings. The first-order valence-electron chi connectivity index (χ1n) is 20.6. The van der Waals surface area contributed by atoms with E-state index in [9.17, 15) is 0 Å². The fourth-order valence-electron chi connectivity index (χ4n) is 8.82. The molecule has 2 nitrogen and oxygen atoms in total. The Bertz CT molecular complexity index is 3260. The van der Waals surface area contributed by atoms with Gasteiger partial charge in [-0.2, -0.15) is 0 Å². The molecule has 60 heavy (non-hydrogen) atoms. The fourth-order valence-corrected chi connectivity index (χ4v) is 8.82. The van der Waals surface area contributed by atoms with E-state index in [0.29, 0.717) is 0 Å². The maximum Gasteiger partial charge on any atom is 0.0619 e. The first-order chi connectivity index (χ1) is 29.7. The summed E-state index contributed by atoms with van der Waals surface area (Å²) in [6.45, 7) is 0. The second kappa shape index (κ2) is 15.1. The van der Waals surface area contributed by atoms with E-state index in [4.69, 9.17) is 0 Å². The van der Waals surface area contributed by atoms with Crippen molar-refractivity contribution in [3.63, 3.8) is 0 Å². The SMILES string of the molecule is c1ccc(-c2ccc(-c3ccc(N(c4ccccc4)c4ccc(-c5cc(-c6ccccc6)cc(-n6c7ccccc7c7ccc8ccccc8c76)c5)cc4)cc3)cc2)cc1. The standard InChI is InChI=1S/C58H40N2/c1-4-14-41(15-5-1)43-24-26-44(27-25-43)45-28-33-51(34-29-45)59(50-19-8-3-9-20-50)52-35-30-46(31-36-52)49-38-48(42-16-6-2-7-17-42)39-53(40-49)60-57-23-13-12-22-55(57)56-37-32-47-18-10-11-21-54(47)58(56)60/h1-40H. The lowest BCUT2D eigenvalue weighted by Crippen LogP contribution is -2.09. The molecule has 0 saturated heterocycles. The number of para-hydroxylation sites is 2. The Morgan fingerprint density at radius 2 is 0.683 bits per heavy atom. The molecular weight excluding hydrogens is 725 g/mol. The van der Waals surface area contributed by atoms with Crippen LogP contribution in [-0.4, -0.2) is 4.57 Å². The van der Waals surface area contributed by atoms with Gasteiger partial charge in [0.25, 0.3) is 0 Å². The van der Waals surface area contributed by atoms with Gasteiger partial charge in [-0.25, -0.2) is 0 Å². The molecule has 0 N–H and O–H groups in total. The summed E-state index contributed by atoms with van der Waals surface area (Å²) in [4.78, 5) is 2.33. The zero-order valence-corrected chi connectivity index (χ0v) is 33.0. The zero-order valence-electron chi connectivity index (χ0n) is 33.0. The van der Waals surface area contributed by atoms with Crippen molar-refractivity contribution >= 4 is 49.6 Å². The largest absolute Gasteiger partial charge is 0.311 e. The molecule has 1 aromatic heterocycles. The minimum Gasteiger partial charge on any atom is -0.311 e. The van der Waals surface area contributed by atoms with Gasteiger partial charge in [-0.05, 0) is 111 Å². The summed E-state index contributed by atoms with van der Waals surface area (Å²) < 4.78 is 2.47. The summed E-state index contributed by atoms with van der Waals surface area (Å²) >= 11 is 0. The number of fused-ring (bicyclic) bond motifs is 5. The summed E-state index contributed by atoms with van der Waals surface area (Å²) in [7, 11) is 0. The number of rotatable bonds is 8. The highest BCUT2D eigenvalue weighted by molar-refractivity contribution is 6.18. The lowest BCUT2D eigenvalue weighted by Gasteiger charge is -2.26. The first kappa shape index (κ1) is 35.2. The molecule has 0 spiro atoms. The van der Waals surface area contributed by atoms with Crippen LogP contribution in [-0.2, 0) is 0 Å². The average molecular weight is 765 g/mol. The van der Waals surface area contributed by atoms with Crippen LogP contribution in [0.2, 0.25) is 0 Å². The fraction of sp³-hybridized carbons (Fsp3) is 0. The summed E-state index contributed by atoms with van der Waals surface area (Å²) in [5, 5.41) is 5.00. The maximum atomic E-state index is 2.47. The van der Waals surface area contributed by atoms with E-state index < -0.39 is 0 Å². The van der Waals surface area contributed by atoms with E-state index >= 15 is 0 Å². The Hall–Kier alpha value is -7.94. The number of aromatic nitrogens is 1. The molecule has 0 unspecified atom stereocenters. The van der Waals surface area contributed by atoms with Gasteiger partial charge < -0.3 is 9.47 Å². The monoisotopic (exact) mass is 764 g/mol. The highest BCUT2D eigenvalue weighted by Gasteiger charge is 2.18. The van der Waals surface area contributed by atoms with Gasteiger partial charge in [0.2, 0.25) is 0 Å². The van der Waals surface area contributed by atoms with E-state index in [1.165, 1.54) is 66.0 Å². The zero-order chi connectivity index (χ0) is 39.8. The minimum atomic E-state index is 1.10. The molecule has 0 saturated carbocycles. The summed E-state index contributed by atoms with van der Waals surface area (Å²) in [5.41, 5.74) is 16.4. The second-order valence-electron chi connectivity index (χ2n) is 15.4. The molecule has 0 aliphatic rings. The molecule has 0 aliphatic heterocycles. The third-order valence-corrected chi connectivity index (χ3v) is 11.8. The Morgan fingerprint density at radius 3 is 1.27 bits per heavy atom. The molecule has 0 bridgehead atoms. The molecule has 2 heteroatoms. The number of anilines is 3. The molecule has 0 atom stereocenters. The van der Waals surface area contributed by atoms with Crippen LogP contribution in [0.4, 0.5) is 17.1 Å². The van der Waals surface area contributed by atoms with Crippen LogP contribution < -0.4 is 4.90 Å². The molecule has 0 aliphatic carbocycles. The predicted octanol–water partition coefficient (Wildman–Crippen LogP) is 16.1. The highest BCUT2D eigenvalue weighted by Crippen LogP contribution is 2.41. The second-order valence-corrected chi connectivity index (χ2v) is 15.4. The first-order valence-corrected chi connectivity index (χ1v) is 20.6. The topological polar surface area (TPSA) is 8.17 Å². The van der Waals surface area contributed by atoms with Crippen LogP contribution in [0.25, 0.3) is 82.8 Å². The third-order valence-electron chi connectivity index (χ3n) is 11.8. The minimum absolute atomic E-state index is 1.10. The lowest BCUT2D eigenvalue weighted by atomic mass is 9.97. The summed E-state index contributed by atoms with van der Waals surface area (Å²) in [6, 6.07) is 87.8. The van der Waals surface area contributed by atoms with Crippen LogP contribution in [0.3, 0.4) is 0 Å². The van der Waals surface area contributed by atoms with E-state index in [1.807, 2.05) is 0 Å². The Balaban J connectivity index is 0.997. The van der Waals surface area contributed by atoms with E-state index in [-0.39, 0.29) is 0 Å². The molecule has 1 heterocycles. The Kier molecular flexibility index (Phi) is 8.87. The van der Waals surface area contributed by atoms with Gasteiger partial charge >= 0.3 is 0 Å². The van der Waals surface area contributed by atoms with E-state index in [0.717, 1.165) is 33.9 Å². The van der Waals surface area contributed by atoms with Gasteiger partial charge in [-0.15, -0.1) is 0 Å². The number of hydrogen-bond donors (Lipinski definition) is 0. The van der Waals surface area contributed by atoms with Crippen LogP contribution in [0.15, 0.2) is 243 Å². The quantitative estimate of drug-likeness (QED) is 0.150. The van der Waals surface area contributed by atoms with Gasteiger partial charge in [0.05, 0.1) is 11.0 Å². The van der Waals surface area contributed by atoms with Crippen molar-refractivity contribution in [3.8, 4) is 50.2 Å². The van der Waals surface area contributed by atoms with Crippen LogP contribution >= 0.6 is 0 Å². The van der Waals surface area contributed by atoms with Crippen LogP contribution in [0.1, 0.15) is 0 Å². The smallest absolute Gasteiger partial charge is 0.0619 e. The molecule has 282 valence electrons. The number of nitrogens with zero attached hydrogens (tertiary/aromatic N) is 2. The van der Waals surface area contributed by atoms with Crippen molar-refractivity contribution in [2.75, 3.05) is 4.90 Å². The van der Waals surface area contributed by atoms with Gasteiger partial charge in [0.15, 0.2) is 0 Å². The average Bonchev–Trinajstić information content (AvgIpc) is 3.68. The van der Waals surface area contributed by atoms with Crippen molar-refractivity contribution in [1.82, 2.24) is 4.57 Å². The summed E-state index contributed by atoms with van der Waals surface area (Å²) in [5.74, 6) is 0. The van der Waals surface area contributed by atoms with Gasteiger partial charge in [0, 0.05) is 38.9 Å². The van der Waals surface area contributed by atoms with Crippen LogP contribution in [0.5, 0.6) is 0 Å². The van der Waals surface area contributed by atoms with Crippen molar-refractivity contribution in [3.05, 3.63) is 243 Å². The Morgan fingerprint density at radius 1 is 0.267 bits per heavy atom. The van der Waals surface area contributed by atoms with Crippen molar-refractivity contribution in [2.45, 2.75) is 0 Å². The third kappa shape index (κ3) is 6.41. The van der Waals surface area contributed by atoms with Gasteiger partial charge in [0.1, 0.15) is 0 Å². The molecule has 11 rings (SSSR count). The summed E-state index contributed by atoms with van der Waals surface area (Å²) in [6.07, 6.45) is 0. The van der Waals surface area contributed by atoms with Crippen molar-refractivity contribution in [1.29, 1.82) is 0 Å². The molecule has 0 radical (unpaired) electrons. The lowest BCUT2D eigenvalue weighted by molar-refractivity contribution is 1.19. The number of hydrogen-bond acceptors (Lipinski definition) is 1. The number of benzene rings is 10. The van der Waals surface area contributed by atoms with Crippen LogP contribution in [0, 0.1) is 0 Å². The van der Waals surface area contributed by atoms with Crippen molar-refractivity contribution in [2.24, 2.45) is 0 Å². The Labute approximate surface area is 350 Å². The molecule has 0 amide bonds. The van der Waals surface area contributed by atoms with E-state index in [1.54, 1.807) is 0 Å². The van der Waals surface area contributed by atoms with Gasteiger partial charge in [-0.3, -0.25) is 0 Å². The highest BCUT2D eigenvalue weighted by atomic mass is 15.1. The molecular formula is C58H40N2. The normalized spacial score (nSPS) is 11.3. The predicted molar refractivity (Wildman–Crippen MR) is 255 cm³/mol. The maximum absolute atomic E-state index is 2.47. The van der Waals surface area contributed by atoms with Crippen molar-refractivity contribution < 1.29 is 0 Å². The van der Waals surface area contributed by atoms with E-state index in [2.05, 4.69) is 252 Å². The molecule has 0 fully saturated rings. The van der Waals surface area contributed by atoms with Gasteiger partial charge in [-0.1, -0.05) is 182 Å².